The molecule has 0 saturated carbocycles. The first kappa shape index (κ1) is 13.6. The molecule has 2 aromatic rings. The molecule has 0 N–H and O–H groups in total. The van der Waals surface area contributed by atoms with Crippen molar-refractivity contribution in [3.63, 3.8) is 0 Å². The minimum absolute atomic E-state index is 0.0315. The second-order valence-electron chi connectivity index (χ2n) is 3.99. The Bertz CT molecular complexity index is 643. The smallest absolute Gasteiger partial charge is 0.344 e. The van der Waals surface area contributed by atoms with Gasteiger partial charge in [-0.05, 0) is 18.1 Å². The monoisotopic (exact) mass is 272 g/mol. The quantitative estimate of drug-likeness (QED) is 0.773. The largest absolute Gasteiger partial charge is 0.463 e. The number of nitrogens with zero attached hydrogens (tertiary/aromatic N) is 2. The molecule has 1 aromatic heterocycles. The van der Waals surface area contributed by atoms with Crippen LogP contribution in [0.3, 0.4) is 0 Å². The van der Waals surface area contributed by atoms with E-state index < -0.39 is 5.97 Å². The molecule has 1 aromatic carbocycles. The summed E-state index contributed by atoms with van der Waals surface area (Å²) in [6.07, 6.45) is 0. The molecule has 0 atom stereocenters. The van der Waals surface area contributed by atoms with Gasteiger partial charge < -0.3 is 14.0 Å². The molecule has 1 heterocycles. The highest BCUT2D eigenvalue weighted by atomic mass is 16.6. The zero-order valence-electron chi connectivity index (χ0n) is 10.8. The van der Waals surface area contributed by atoms with E-state index >= 15 is 0 Å². The summed E-state index contributed by atoms with van der Waals surface area (Å²) in [5.74, 6) is 0.284. The first-order valence-electron chi connectivity index (χ1n) is 5.89. The number of benzene rings is 1. The normalized spacial score (nSPS) is 9.80. The summed E-state index contributed by atoms with van der Waals surface area (Å²) in [4.78, 5) is 11.5. The van der Waals surface area contributed by atoms with Crippen molar-refractivity contribution >= 4 is 5.97 Å². The molecule has 0 saturated heterocycles. The Morgan fingerprint density at radius 1 is 1.45 bits per heavy atom. The van der Waals surface area contributed by atoms with Crippen LogP contribution in [0.25, 0.3) is 0 Å². The second kappa shape index (κ2) is 6.38. The first-order valence-corrected chi connectivity index (χ1v) is 5.89. The van der Waals surface area contributed by atoms with Crippen molar-refractivity contribution in [3.8, 4) is 11.9 Å². The van der Waals surface area contributed by atoms with Crippen molar-refractivity contribution in [1.82, 2.24) is 5.16 Å². The summed E-state index contributed by atoms with van der Waals surface area (Å²) >= 11 is 0. The van der Waals surface area contributed by atoms with Gasteiger partial charge in [0.25, 0.3) is 5.88 Å². The second-order valence-corrected chi connectivity index (χ2v) is 3.99. The number of nitriles is 1. The van der Waals surface area contributed by atoms with E-state index in [0.29, 0.717) is 16.9 Å². The molecule has 0 aliphatic carbocycles. The number of aryl methyl sites for hydroxylation is 1. The fraction of sp³-hybridized carbons (Fsp3) is 0.214. The Morgan fingerprint density at radius 2 is 2.25 bits per heavy atom. The van der Waals surface area contributed by atoms with Gasteiger partial charge in [-0.3, -0.25) is 0 Å². The van der Waals surface area contributed by atoms with Gasteiger partial charge in [-0.1, -0.05) is 18.2 Å². The summed E-state index contributed by atoms with van der Waals surface area (Å²) in [5, 5.41) is 12.5. The van der Waals surface area contributed by atoms with Crippen LogP contribution in [0.4, 0.5) is 0 Å². The Labute approximate surface area is 115 Å². The van der Waals surface area contributed by atoms with Gasteiger partial charge in [-0.2, -0.15) is 5.26 Å². The SMILES string of the molecule is Cc1cc(OCC(=O)OCc2ccccc2C#N)no1. The van der Waals surface area contributed by atoms with Crippen molar-refractivity contribution < 1.29 is 18.8 Å². The Hall–Kier alpha value is -2.81. The average molecular weight is 272 g/mol. The van der Waals surface area contributed by atoms with E-state index in [4.69, 9.17) is 19.3 Å². The van der Waals surface area contributed by atoms with E-state index in [9.17, 15) is 4.79 Å². The zero-order valence-corrected chi connectivity index (χ0v) is 10.8. The molecule has 0 spiro atoms. The lowest BCUT2D eigenvalue weighted by Gasteiger charge is -2.06. The molecule has 0 amide bonds. The van der Waals surface area contributed by atoms with E-state index in [1.807, 2.05) is 6.07 Å². The third-order valence-electron chi connectivity index (χ3n) is 2.47. The predicted molar refractivity (Wildman–Crippen MR) is 67.7 cm³/mol. The van der Waals surface area contributed by atoms with Crippen LogP contribution in [0.15, 0.2) is 34.9 Å². The van der Waals surface area contributed by atoms with Gasteiger partial charge in [0.15, 0.2) is 6.61 Å². The van der Waals surface area contributed by atoms with Crippen molar-refractivity contribution in [3.05, 3.63) is 47.2 Å². The highest BCUT2D eigenvalue weighted by molar-refractivity contribution is 5.71. The summed E-state index contributed by atoms with van der Waals surface area (Å²) in [7, 11) is 0. The summed E-state index contributed by atoms with van der Waals surface area (Å²) in [6.45, 7) is 1.49. The van der Waals surface area contributed by atoms with Crippen molar-refractivity contribution in [2.75, 3.05) is 6.61 Å². The van der Waals surface area contributed by atoms with E-state index in [2.05, 4.69) is 5.16 Å². The lowest BCUT2D eigenvalue weighted by Crippen LogP contribution is -2.15. The highest BCUT2D eigenvalue weighted by Gasteiger charge is 2.09. The lowest BCUT2D eigenvalue weighted by molar-refractivity contribution is -0.147. The molecule has 6 heteroatoms. The minimum atomic E-state index is -0.543. The maximum atomic E-state index is 11.5. The Balaban J connectivity index is 1.82. The minimum Gasteiger partial charge on any atom is -0.463 e. The molecule has 20 heavy (non-hydrogen) atoms. The van der Waals surface area contributed by atoms with Crippen molar-refractivity contribution in [2.45, 2.75) is 13.5 Å². The topological polar surface area (TPSA) is 85.4 Å². The number of aromatic nitrogens is 1. The third kappa shape index (κ3) is 3.59. The van der Waals surface area contributed by atoms with E-state index in [-0.39, 0.29) is 19.1 Å². The van der Waals surface area contributed by atoms with Gasteiger partial charge in [0.05, 0.1) is 11.6 Å². The van der Waals surface area contributed by atoms with Gasteiger partial charge in [-0.25, -0.2) is 4.79 Å². The molecular weight excluding hydrogens is 260 g/mol. The number of hydrogen-bond acceptors (Lipinski definition) is 6. The number of carbonyl (C=O) groups excluding carboxylic acids is 1. The summed E-state index contributed by atoms with van der Waals surface area (Å²) < 4.78 is 14.9. The van der Waals surface area contributed by atoms with Gasteiger partial charge in [0, 0.05) is 11.6 Å². The molecule has 6 nitrogen and oxygen atoms in total. The van der Waals surface area contributed by atoms with Crippen molar-refractivity contribution in [2.24, 2.45) is 0 Å². The molecule has 0 radical (unpaired) electrons. The summed E-state index contributed by atoms with van der Waals surface area (Å²) in [6, 6.07) is 10.5. The number of hydrogen-bond donors (Lipinski definition) is 0. The standard InChI is InChI=1S/C14H12N2O4/c1-10-6-13(16-20-10)18-9-14(17)19-8-12-5-3-2-4-11(12)7-15/h2-6H,8-9H2,1H3. The number of rotatable bonds is 5. The van der Waals surface area contributed by atoms with Gasteiger partial charge in [-0.15, -0.1) is 0 Å². The number of esters is 1. The number of carbonyl (C=O) groups is 1. The molecule has 102 valence electrons. The first-order chi connectivity index (χ1) is 9.69. The van der Waals surface area contributed by atoms with E-state index in [1.165, 1.54) is 0 Å². The van der Waals surface area contributed by atoms with Crippen LogP contribution in [0, 0.1) is 18.3 Å². The predicted octanol–water partition coefficient (Wildman–Crippen LogP) is 1.98. The Kier molecular flexibility index (Phi) is 4.35. The van der Waals surface area contributed by atoms with Crippen LogP contribution in [0.1, 0.15) is 16.9 Å². The molecule has 0 fully saturated rings. The van der Waals surface area contributed by atoms with Crippen LogP contribution >= 0.6 is 0 Å². The van der Waals surface area contributed by atoms with Crippen LogP contribution in [0.2, 0.25) is 0 Å². The van der Waals surface area contributed by atoms with Crippen LogP contribution in [-0.4, -0.2) is 17.7 Å². The molecular formula is C14H12N2O4. The fourth-order valence-corrected chi connectivity index (χ4v) is 1.50. The molecule has 0 unspecified atom stereocenters. The number of ether oxygens (including phenoxy) is 2. The maximum absolute atomic E-state index is 11.5. The zero-order chi connectivity index (χ0) is 14.4. The van der Waals surface area contributed by atoms with E-state index in [1.54, 1.807) is 37.3 Å². The van der Waals surface area contributed by atoms with Crippen LogP contribution in [0.5, 0.6) is 5.88 Å². The van der Waals surface area contributed by atoms with Gasteiger partial charge in [0.1, 0.15) is 12.4 Å². The highest BCUT2D eigenvalue weighted by Crippen LogP contribution is 2.11. The molecule has 0 aliphatic heterocycles. The molecule has 0 aliphatic rings. The third-order valence-corrected chi connectivity index (χ3v) is 2.47. The van der Waals surface area contributed by atoms with E-state index in [0.717, 1.165) is 0 Å². The lowest BCUT2D eigenvalue weighted by atomic mass is 10.1. The van der Waals surface area contributed by atoms with Crippen LogP contribution < -0.4 is 4.74 Å². The van der Waals surface area contributed by atoms with Gasteiger partial charge >= 0.3 is 5.97 Å². The maximum Gasteiger partial charge on any atom is 0.344 e. The fourth-order valence-electron chi connectivity index (χ4n) is 1.50. The molecule has 2 rings (SSSR count). The summed E-state index contributed by atoms with van der Waals surface area (Å²) in [5.41, 5.74) is 1.13. The van der Waals surface area contributed by atoms with Gasteiger partial charge in [0.2, 0.25) is 0 Å². The van der Waals surface area contributed by atoms with Crippen LogP contribution in [-0.2, 0) is 16.1 Å². The Morgan fingerprint density at radius 3 is 2.95 bits per heavy atom. The van der Waals surface area contributed by atoms with Crippen molar-refractivity contribution in [1.29, 1.82) is 5.26 Å². The molecule has 0 bridgehead atoms. The average Bonchev–Trinajstić information content (AvgIpc) is 2.89.